The van der Waals surface area contributed by atoms with Crippen LogP contribution in [0.2, 0.25) is 0 Å². The Balaban J connectivity index is 1.59. The Morgan fingerprint density at radius 1 is 1.27 bits per heavy atom. The average Bonchev–Trinajstić information content (AvgIpc) is 3.21. The number of anilines is 1. The highest BCUT2D eigenvalue weighted by atomic mass is 32.2. The average molecular weight is 449 g/mol. The standard InChI is InChI=1S/C19H21FN6O2S2/c1-10-12(3)30-18(22-10)23-15(27)9-29-19-25-24-16(26(19)4)11(2)21-17(28)13-7-5-6-8-14(13)20/h5-8,11H,9H2,1-4H3,(H,21,28)(H,22,23,27)/t11-/m1/s1. The van der Waals surface area contributed by atoms with Crippen LogP contribution < -0.4 is 10.6 Å². The fourth-order valence-corrected chi connectivity index (χ4v) is 4.17. The molecule has 0 saturated heterocycles. The minimum atomic E-state index is -0.590. The number of amides is 2. The predicted octanol–water partition coefficient (Wildman–Crippen LogP) is 3.25. The number of carbonyl (C=O) groups excluding carboxylic acids is 2. The van der Waals surface area contributed by atoms with Crippen LogP contribution in [0.4, 0.5) is 9.52 Å². The smallest absolute Gasteiger partial charge is 0.254 e. The fourth-order valence-electron chi connectivity index (χ4n) is 2.62. The summed E-state index contributed by atoms with van der Waals surface area (Å²) < 4.78 is 15.5. The van der Waals surface area contributed by atoms with E-state index in [0.29, 0.717) is 16.1 Å². The van der Waals surface area contributed by atoms with Crippen LogP contribution in [0.5, 0.6) is 0 Å². The number of nitrogens with zero attached hydrogens (tertiary/aromatic N) is 4. The molecule has 0 aliphatic rings. The van der Waals surface area contributed by atoms with E-state index in [1.54, 1.807) is 24.6 Å². The van der Waals surface area contributed by atoms with Crippen molar-refractivity contribution in [2.24, 2.45) is 7.05 Å². The van der Waals surface area contributed by atoms with E-state index >= 15 is 0 Å². The number of aromatic nitrogens is 4. The van der Waals surface area contributed by atoms with Gasteiger partial charge in [0.25, 0.3) is 5.91 Å². The van der Waals surface area contributed by atoms with Gasteiger partial charge in [-0.3, -0.25) is 9.59 Å². The summed E-state index contributed by atoms with van der Waals surface area (Å²) in [5.41, 5.74) is 0.859. The van der Waals surface area contributed by atoms with Crippen LogP contribution in [0, 0.1) is 19.7 Å². The van der Waals surface area contributed by atoms with Gasteiger partial charge in [-0.25, -0.2) is 9.37 Å². The van der Waals surface area contributed by atoms with E-state index in [2.05, 4.69) is 25.8 Å². The Kier molecular flexibility index (Phi) is 6.83. The van der Waals surface area contributed by atoms with Gasteiger partial charge in [-0.05, 0) is 32.9 Å². The molecule has 3 aromatic rings. The third-order valence-electron chi connectivity index (χ3n) is 4.33. The van der Waals surface area contributed by atoms with Gasteiger partial charge in [0.1, 0.15) is 5.82 Å². The second kappa shape index (κ2) is 9.35. The van der Waals surface area contributed by atoms with Gasteiger partial charge in [0.2, 0.25) is 5.91 Å². The summed E-state index contributed by atoms with van der Waals surface area (Å²) in [7, 11) is 1.74. The number of hydrogen-bond donors (Lipinski definition) is 2. The molecule has 0 spiro atoms. The first-order chi connectivity index (χ1) is 14.3. The van der Waals surface area contributed by atoms with E-state index in [-0.39, 0.29) is 17.2 Å². The molecule has 0 unspecified atom stereocenters. The lowest BCUT2D eigenvalue weighted by Gasteiger charge is -2.14. The maximum absolute atomic E-state index is 13.8. The molecule has 11 heteroatoms. The van der Waals surface area contributed by atoms with Crippen molar-refractivity contribution >= 4 is 40.0 Å². The first-order valence-corrected chi connectivity index (χ1v) is 10.9. The van der Waals surface area contributed by atoms with E-state index in [9.17, 15) is 14.0 Å². The summed E-state index contributed by atoms with van der Waals surface area (Å²) in [5, 5.41) is 14.8. The highest BCUT2D eigenvalue weighted by Gasteiger charge is 2.20. The van der Waals surface area contributed by atoms with Crippen LogP contribution in [0.15, 0.2) is 29.4 Å². The van der Waals surface area contributed by atoms with E-state index in [1.807, 2.05) is 13.8 Å². The number of thioether (sulfide) groups is 1. The summed E-state index contributed by atoms with van der Waals surface area (Å²) >= 11 is 2.65. The molecule has 0 bridgehead atoms. The SMILES string of the molecule is Cc1nc(NC(=O)CSc2nnc([C@@H](C)NC(=O)c3ccccc3F)n2C)sc1C. The lowest BCUT2D eigenvalue weighted by atomic mass is 10.2. The largest absolute Gasteiger partial charge is 0.342 e. The second-order valence-corrected chi connectivity index (χ2v) is 8.72. The third kappa shape index (κ3) is 5.03. The molecule has 3 rings (SSSR count). The third-order valence-corrected chi connectivity index (χ3v) is 6.34. The predicted molar refractivity (Wildman–Crippen MR) is 114 cm³/mol. The van der Waals surface area contributed by atoms with Gasteiger partial charge in [-0.15, -0.1) is 21.5 Å². The number of benzene rings is 1. The van der Waals surface area contributed by atoms with Gasteiger partial charge in [0, 0.05) is 11.9 Å². The molecule has 2 amide bonds. The topological polar surface area (TPSA) is 102 Å². The summed E-state index contributed by atoms with van der Waals surface area (Å²) in [5.74, 6) is -0.688. The second-order valence-electron chi connectivity index (χ2n) is 6.57. The normalized spacial score (nSPS) is 11.9. The van der Waals surface area contributed by atoms with Crippen LogP contribution in [0.3, 0.4) is 0 Å². The van der Waals surface area contributed by atoms with Gasteiger partial charge >= 0.3 is 0 Å². The van der Waals surface area contributed by atoms with Gasteiger partial charge in [0.15, 0.2) is 16.1 Å². The Labute approximate surface area is 181 Å². The number of rotatable bonds is 7. The molecular weight excluding hydrogens is 427 g/mol. The van der Waals surface area contributed by atoms with Gasteiger partial charge in [-0.2, -0.15) is 0 Å². The zero-order valence-electron chi connectivity index (χ0n) is 16.9. The summed E-state index contributed by atoms with van der Waals surface area (Å²) in [6, 6.07) is 5.27. The number of aryl methyl sites for hydroxylation is 2. The Morgan fingerprint density at radius 3 is 2.67 bits per heavy atom. The minimum absolute atomic E-state index is 0.0366. The first kappa shape index (κ1) is 21.9. The monoisotopic (exact) mass is 448 g/mol. The number of hydrogen-bond acceptors (Lipinski definition) is 7. The number of halogens is 1. The van der Waals surface area contributed by atoms with Crippen molar-refractivity contribution in [1.82, 2.24) is 25.1 Å². The quantitative estimate of drug-likeness (QED) is 0.538. The highest BCUT2D eigenvalue weighted by Crippen LogP contribution is 2.23. The fraction of sp³-hybridized carbons (Fsp3) is 0.316. The van der Waals surface area contributed by atoms with Crippen LogP contribution in [-0.4, -0.2) is 37.3 Å². The van der Waals surface area contributed by atoms with Gasteiger partial charge in [-0.1, -0.05) is 23.9 Å². The minimum Gasteiger partial charge on any atom is -0.342 e. The zero-order chi connectivity index (χ0) is 21.8. The zero-order valence-corrected chi connectivity index (χ0v) is 18.5. The summed E-state index contributed by atoms with van der Waals surface area (Å²) in [6.45, 7) is 5.57. The number of thiazole rings is 1. The molecule has 8 nitrogen and oxygen atoms in total. The molecule has 2 heterocycles. The van der Waals surface area contributed by atoms with Crippen molar-refractivity contribution in [1.29, 1.82) is 0 Å². The van der Waals surface area contributed by atoms with Crippen molar-refractivity contribution < 1.29 is 14.0 Å². The molecule has 1 atom stereocenters. The van der Waals surface area contributed by atoms with Crippen molar-refractivity contribution in [2.75, 3.05) is 11.1 Å². The molecular formula is C19H21FN6O2S2. The van der Waals surface area contributed by atoms with E-state index in [0.717, 1.165) is 10.6 Å². The van der Waals surface area contributed by atoms with Crippen LogP contribution >= 0.6 is 23.1 Å². The van der Waals surface area contributed by atoms with Gasteiger partial charge in [0.05, 0.1) is 23.1 Å². The van der Waals surface area contributed by atoms with Crippen molar-refractivity contribution in [3.8, 4) is 0 Å². The molecule has 30 heavy (non-hydrogen) atoms. The Bertz CT molecular complexity index is 1060. The Morgan fingerprint density at radius 2 is 2.00 bits per heavy atom. The van der Waals surface area contributed by atoms with Crippen molar-refractivity contribution in [3.05, 3.63) is 52.0 Å². The van der Waals surface area contributed by atoms with Crippen LogP contribution in [0.25, 0.3) is 0 Å². The summed E-state index contributed by atoms with van der Waals surface area (Å²) in [4.78, 5) is 29.8. The Hall–Kier alpha value is -2.79. The maximum Gasteiger partial charge on any atom is 0.254 e. The lowest BCUT2D eigenvalue weighted by Crippen LogP contribution is -2.29. The molecule has 0 fully saturated rings. The lowest BCUT2D eigenvalue weighted by molar-refractivity contribution is -0.113. The van der Waals surface area contributed by atoms with E-state index in [4.69, 9.17) is 0 Å². The number of carbonyl (C=O) groups is 2. The van der Waals surface area contributed by atoms with Gasteiger partial charge < -0.3 is 15.2 Å². The van der Waals surface area contributed by atoms with E-state index in [1.165, 1.54) is 41.3 Å². The molecule has 0 aliphatic carbocycles. The van der Waals surface area contributed by atoms with Crippen molar-refractivity contribution in [3.63, 3.8) is 0 Å². The molecule has 0 aliphatic heterocycles. The number of nitrogens with one attached hydrogen (secondary N) is 2. The molecule has 2 aromatic heterocycles. The maximum atomic E-state index is 13.8. The van der Waals surface area contributed by atoms with Crippen molar-refractivity contribution in [2.45, 2.75) is 32.0 Å². The molecule has 1 aromatic carbocycles. The molecule has 0 radical (unpaired) electrons. The highest BCUT2D eigenvalue weighted by molar-refractivity contribution is 7.99. The molecule has 0 saturated carbocycles. The first-order valence-electron chi connectivity index (χ1n) is 9.07. The van der Waals surface area contributed by atoms with E-state index < -0.39 is 17.8 Å². The summed E-state index contributed by atoms with van der Waals surface area (Å²) in [6.07, 6.45) is 0. The van der Waals surface area contributed by atoms with Crippen LogP contribution in [0.1, 0.15) is 39.7 Å². The molecule has 2 N–H and O–H groups in total. The molecule has 158 valence electrons. The van der Waals surface area contributed by atoms with Crippen LogP contribution in [-0.2, 0) is 11.8 Å².